The number of carbonyl (C=O) groups is 2. The Morgan fingerprint density at radius 2 is 1.48 bits per heavy atom. The molecule has 2 aliphatic carbocycles. The van der Waals surface area contributed by atoms with Gasteiger partial charge in [0.15, 0.2) is 5.69 Å². The molecule has 14 nitrogen and oxygen atoms in total. The van der Waals surface area contributed by atoms with Crippen molar-refractivity contribution >= 4 is 58.3 Å². The highest BCUT2D eigenvalue weighted by Gasteiger charge is 2.59. The minimum atomic E-state index is -0.861. The molecule has 3 amide bonds. The summed E-state index contributed by atoms with van der Waals surface area (Å²) in [5.41, 5.74) is 5.09. The molecule has 2 aromatic carbocycles. The lowest BCUT2D eigenvalue weighted by Gasteiger charge is -2.31. The summed E-state index contributed by atoms with van der Waals surface area (Å²) < 4.78 is 10.4. The van der Waals surface area contributed by atoms with E-state index in [4.69, 9.17) is 38.8 Å². The van der Waals surface area contributed by atoms with Crippen molar-refractivity contribution in [3.05, 3.63) is 96.5 Å². The summed E-state index contributed by atoms with van der Waals surface area (Å²) in [5.74, 6) is 1.26. The van der Waals surface area contributed by atoms with Crippen LogP contribution in [0.3, 0.4) is 0 Å². The van der Waals surface area contributed by atoms with Crippen molar-refractivity contribution < 1.29 is 23.4 Å². The maximum Gasteiger partial charge on any atom is 0.332 e. The second kappa shape index (κ2) is 18.2. The monoisotopic (exact) mass is 823 g/mol. The Kier molecular flexibility index (Phi) is 13.6. The molecule has 16 heteroatoms. The van der Waals surface area contributed by atoms with E-state index in [0.717, 1.165) is 61.1 Å². The summed E-state index contributed by atoms with van der Waals surface area (Å²) in [6.07, 6.45) is 8.61. The molecule has 3 aliphatic rings. The molecule has 4 aromatic rings. The molecule has 1 saturated heterocycles. The second-order valence-electron chi connectivity index (χ2n) is 14.6. The lowest BCUT2D eigenvalue weighted by molar-refractivity contribution is -0.124. The number of benzene rings is 2. The van der Waals surface area contributed by atoms with Gasteiger partial charge in [-0.1, -0.05) is 65.3 Å². The van der Waals surface area contributed by atoms with Crippen molar-refractivity contribution in [1.29, 1.82) is 10.5 Å². The standard InChI is InChI=1S/C21H21ClN4O3.C12H17N3O.C9H5ClN2O/c1-12-17(7-6-15(10-23)18(12)22)26-19(27)21(8-4-5-9-21)25(20(26)28)11-16-13(2)24-29-14(16)3;1-9-11(10(2)16-15-9)7-14-12(8-13)5-3-4-6-12;1-6-7(11-2)3-4-8(9(6)10)12-5-13/h6-7H,4-5,8-9,11H2,1-3H3;14H,3-7H2,1-2H3;3-4H,1H3. The molecule has 0 radical (unpaired) electrons. The Morgan fingerprint density at radius 3 is 2.02 bits per heavy atom. The Morgan fingerprint density at radius 1 is 0.879 bits per heavy atom. The molecule has 3 heterocycles. The first kappa shape index (κ1) is 43.3. The first-order valence-corrected chi connectivity index (χ1v) is 19.5. The number of nitrogens with zero attached hydrogens (tertiary/aromatic N) is 8. The number of carbonyl (C=O) groups excluding carboxylic acids is 3. The molecule has 1 N–H and O–H groups in total. The summed E-state index contributed by atoms with van der Waals surface area (Å²) in [4.78, 5) is 46.6. The summed E-state index contributed by atoms with van der Waals surface area (Å²) in [6.45, 7) is 18.7. The van der Waals surface area contributed by atoms with E-state index in [1.165, 1.54) is 17.0 Å². The topological polar surface area (TPSA) is 186 Å². The number of hydrogen-bond acceptors (Lipinski definition) is 11. The number of nitrogens with one attached hydrogen (secondary N) is 1. The zero-order chi connectivity index (χ0) is 42.4. The van der Waals surface area contributed by atoms with E-state index < -0.39 is 5.54 Å². The minimum Gasteiger partial charge on any atom is -0.361 e. The van der Waals surface area contributed by atoms with E-state index in [1.807, 2.05) is 26.8 Å². The summed E-state index contributed by atoms with van der Waals surface area (Å²) in [7, 11) is 0. The third kappa shape index (κ3) is 8.41. The van der Waals surface area contributed by atoms with Crippen molar-refractivity contribution in [3.63, 3.8) is 0 Å². The predicted octanol–water partition coefficient (Wildman–Crippen LogP) is 9.79. The molecule has 2 saturated carbocycles. The first-order valence-electron chi connectivity index (χ1n) is 18.8. The van der Waals surface area contributed by atoms with Crippen LogP contribution < -0.4 is 10.2 Å². The third-order valence-electron chi connectivity index (χ3n) is 11.3. The van der Waals surface area contributed by atoms with Gasteiger partial charge in [-0.25, -0.2) is 19.3 Å². The van der Waals surface area contributed by atoms with E-state index in [-0.39, 0.29) is 29.0 Å². The second-order valence-corrected chi connectivity index (χ2v) is 15.4. The number of urea groups is 1. The normalized spacial score (nSPS) is 16.2. The molecular weight excluding hydrogens is 781 g/mol. The van der Waals surface area contributed by atoms with Gasteiger partial charge in [-0.2, -0.15) is 15.5 Å². The van der Waals surface area contributed by atoms with Gasteiger partial charge in [-0.15, -0.1) is 0 Å². The SMILES string of the molecule is Cc1noc(C)c1CN1C(=O)N(c2ccc(C#N)c(Cl)c2C)C(=O)C12CCCC2.Cc1noc(C)c1CNC1(C#N)CCCC1.[C-]#[N+]c1ccc(N=C=O)c(Cl)c1C. The van der Waals surface area contributed by atoms with E-state index in [0.29, 0.717) is 69.6 Å². The number of aliphatic imine (C=N–C) groups is 1. The van der Waals surface area contributed by atoms with Crippen LogP contribution in [0.4, 0.5) is 21.9 Å². The van der Waals surface area contributed by atoms with E-state index in [9.17, 15) is 24.9 Å². The third-order valence-corrected chi connectivity index (χ3v) is 12.2. The molecule has 1 aliphatic heterocycles. The van der Waals surface area contributed by atoms with Gasteiger partial charge in [0.2, 0.25) is 6.08 Å². The molecular formula is C42H43Cl2N9O5. The van der Waals surface area contributed by atoms with Crippen molar-refractivity contribution in [2.45, 2.75) is 117 Å². The molecule has 0 unspecified atom stereocenters. The molecule has 3 fully saturated rings. The maximum absolute atomic E-state index is 13.6. The fourth-order valence-corrected chi connectivity index (χ4v) is 8.12. The van der Waals surface area contributed by atoms with Gasteiger partial charge < -0.3 is 13.9 Å². The van der Waals surface area contributed by atoms with Crippen LogP contribution in [0.2, 0.25) is 10.0 Å². The zero-order valence-electron chi connectivity index (χ0n) is 33.3. The highest BCUT2D eigenvalue weighted by molar-refractivity contribution is 6.34. The zero-order valence-corrected chi connectivity index (χ0v) is 34.8. The number of amides is 3. The van der Waals surface area contributed by atoms with Crippen LogP contribution in [-0.4, -0.2) is 44.3 Å². The van der Waals surface area contributed by atoms with Gasteiger partial charge in [0.25, 0.3) is 5.91 Å². The largest absolute Gasteiger partial charge is 0.361 e. The minimum absolute atomic E-state index is 0.226. The average Bonchev–Trinajstić information content (AvgIpc) is 4.05. The van der Waals surface area contributed by atoms with Gasteiger partial charge in [0.1, 0.15) is 28.7 Å². The number of aromatic nitrogens is 2. The Bertz CT molecular complexity index is 2360. The first-order chi connectivity index (χ1) is 27.7. The molecule has 7 rings (SSSR count). The fourth-order valence-electron chi connectivity index (χ4n) is 7.71. The molecule has 0 bridgehead atoms. The number of halogens is 2. The predicted molar refractivity (Wildman–Crippen MR) is 216 cm³/mol. The molecule has 0 atom stereocenters. The number of hydrogen-bond donors (Lipinski definition) is 1. The Balaban J connectivity index is 0.000000186. The van der Waals surface area contributed by atoms with Crippen LogP contribution in [0.15, 0.2) is 38.3 Å². The van der Waals surface area contributed by atoms with E-state index in [2.05, 4.69) is 31.5 Å². The van der Waals surface area contributed by atoms with Crippen LogP contribution in [-0.2, 0) is 22.7 Å². The summed E-state index contributed by atoms with van der Waals surface area (Å²) >= 11 is 12.2. The Hall–Kier alpha value is -5.81. The number of nitriles is 2. The lowest BCUT2D eigenvalue weighted by Crippen LogP contribution is -2.47. The van der Waals surface area contributed by atoms with Gasteiger partial charge in [-0.05, 0) is 96.6 Å². The summed E-state index contributed by atoms with van der Waals surface area (Å²) in [6, 6.07) is 10.3. The maximum atomic E-state index is 13.6. The molecule has 300 valence electrons. The van der Waals surface area contributed by atoms with Gasteiger partial charge in [-0.3, -0.25) is 10.1 Å². The van der Waals surface area contributed by atoms with Gasteiger partial charge >= 0.3 is 6.03 Å². The van der Waals surface area contributed by atoms with Crippen molar-refractivity contribution in [1.82, 2.24) is 20.5 Å². The van der Waals surface area contributed by atoms with Crippen LogP contribution in [0.5, 0.6) is 0 Å². The highest BCUT2D eigenvalue weighted by Crippen LogP contribution is 2.46. The van der Waals surface area contributed by atoms with Crippen molar-refractivity contribution in [3.8, 4) is 12.1 Å². The van der Waals surface area contributed by atoms with Crippen LogP contribution in [0.25, 0.3) is 4.85 Å². The quantitative estimate of drug-likeness (QED) is 0.0814. The average molecular weight is 825 g/mol. The van der Waals surface area contributed by atoms with Crippen molar-refractivity contribution in [2.24, 2.45) is 4.99 Å². The Labute approximate surface area is 347 Å². The molecule has 58 heavy (non-hydrogen) atoms. The summed E-state index contributed by atoms with van der Waals surface area (Å²) in [5, 5.41) is 30.3. The molecule has 2 aromatic heterocycles. The van der Waals surface area contributed by atoms with Gasteiger partial charge in [0.05, 0.1) is 57.6 Å². The van der Waals surface area contributed by atoms with E-state index in [1.54, 1.807) is 43.9 Å². The van der Waals surface area contributed by atoms with Crippen molar-refractivity contribution in [2.75, 3.05) is 4.90 Å². The van der Waals surface area contributed by atoms with Crippen LogP contribution >= 0.6 is 23.2 Å². The highest BCUT2D eigenvalue weighted by atomic mass is 35.5. The smallest absolute Gasteiger partial charge is 0.332 e. The number of isocyanates is 1. The lowest BCUT2D eigenvalue weighted by atomic mass is 9.94. The number of anilines is 1. The molecule has 1 spiro atoms. The van der Waals surface area contributed by atoms with Crippen LogP contribution in [0.1, 0.15) is 102 Å². The fraction of sp³-hybridized carbons (Fsp3) is 0.429. The van der Waals surface area contributed by atoms with Crippen LogP contribution in [0, 0.1) is 70.8 Å². The number of imide groups is 1. The van der Waals surface area contributed by atoms with Gasteiger partial charge in [0, 0.05) is 17.7 Å². The van der Waals surface area contributed by atoms with E-state index >= 15 is 0 Å². The number of aryl methyl sites for hydroxylation is 4. The number of rotatable bonds is 7.